The van der Waals surface area contributed by atoms with Gasteiger partial charge in [0, 0.05) is 30.3 Å². The van der Waals surface area contributed by atoms with E-state index in [0.717, 1.165) is 18.2 Å². The number of hydrogen-bond donors (Lipinski definition) is 2. The average molecular weight is 447 g/mol. The lowest BCUT2D eigenvalue weighted by Gasteiger charge is -2.18. The number of amides is 2. The van der Waals surface area contributed by atoms with Crippen LogP contribution in [-0.4, -0.2) is 49.0 Å². The number of methoxy groups -OCH3 is 2. The minimum Gasteiger partial charge on any atom is -0.497 e. The third-order valence-electron chi connectivity index (χ3n) is 5.61. The molecule has 0 spiro atoms. The maximum absolute atomic E-state index is 13.2. The van der Waals surface area contributed by atoms with Gasteiger partial charge in [0.1, 0.15) is 17.2 Å². The number of H-pyrrole nitrogens is 1. The predicted octanol–water partition coefficient (Wildman–Crippen LogP) is 2.94. The fourth-order valence-corrected chi connectivity index (χ4v) is 3.77. The van der Waals surface area contributed by atoms with E-state index in [0.29, 0.717) is 35.7 Å². The molecular formula is C25H25N3O5. The number of carbonyl (C=O) groups is 2. The second-order valence-electron chi connectivity index (χ2n) is 7.75. The molecule has 1 aliphatic heterocycles. The van der Waals surface area contributed by atoms with Crippen LogP contribution in [0.4, 0.5) is 0 Å². The Labute approximate surface area is 190 Å². The molecule has 8 heteroatoms. The van der Waals surface area contributed by atoms with Gasteiger partial charge in [0.05, 0.1) is 19.7 Å². The molecule has 0 bridgehead atoms. The van der Waals surface area contributed by atoms with Crippen LogP contribution < -0.4 is 20.3 Å². The monoisotopic (exact) mass is 447 g/mol. The highest BCUT2D eigenvalue weighted by molar-refractivity contribution is 6.05. The first-order chi connectivity index (χ1) is 16.0. The number of ether oxygens (including phenoxy) is 2. The second kappa shape index (κ2) is 9.60. The highest BCUT2D eigenvalue weighted by Crippen LogP contribution is 2.20. The van der Waals surface area contributed by atoms with Crippen molar-refractivity contribution in [1.29, 1.82) is 0 Å². The van der Waals surface area contributed by atoms with Gasteiger partial charge in [-0.2, -0.15) is 0 Å². The molecule has 2 heterocycles. The van der Waals surface area contributed by atoms with E-state index in [1.807, 2.05) is 6.07 Å². The molecule has 0 atom stereocenters. The minimum atomic E-state index is -0.446. The maximum Gasteiger partial charge on any atom is 0.270 e. The first-order valence-electron chi connectivity index (χ1n) is 10.7. The van der Waals surface area contributed by atoms with Crippen molar-refractivity contribution in [2.45, 2.75) is 12.8 Å². The predicted molar refractivity (Wildman–Crippen MR) is 125 cm³/mol. The van der Waals surface area contributed by atoms with Crippen LogP contribution in [0, 0.1) is 0 Å². The van der Waals surface area contributed by atoms with Crippen LogP contribution in [0.3, 0.4) is 0 Å². The van der Waals surface area contributed by atoms with E-state index >= 15 is 0 Å². The first-order valence-corrected chi connectivity index (χ1v) is 10.7. The number of carbonyl (C=O) groups excluding carboxylic acids is 2. The Bertz CT molecular complexity index is 1270. The molecule has 1 aliphatic rings. The number of fused-ring (bicyclic) bond motifs is 1. The lowest BCUT2D eigenvalue weighted by molar-refractivity contribution is -0.126. The van der Waals surface area contributed by atoms with Gasteiger partial charge in [-0.3, -0.25) is 14.4 Å². The van der Waals surface area contributed by atoms with Crippen molar-refractivity contribution < 1.29 is 19.1 Å². The van der Waals surface area contributed by atoms with Crippen LogP contribution in [0.15, 0.2) is 59.0 Å². The highest BCUT2D eigenvalue weighted by atomic mass is 16.5. The van der Waals surface area contributed by atoms with Gasteiger partial charge in [-0.05, 0) is 66.8 Å². The van der Waals surface area contributed by atoms with Gasteiger partial charge in [-0.15, -0.1) is 0 Å². The Kier molecular flexibility index (Phi) is 6.44. The summed E-state index contributed by atoms with van der Waals surface area (Å²) in [6.45, 7) is 1.23. The van der Waals surface area contributed by atoms with Crippen molar-refractivity contribution in [3.8, 4) is 11.5 Å². The Hall–Kier alpha value is -4.07. The zero-order valence-corrected chi connectivity index (χ0v) is 18.5. The number of hydrogen-bond acceptors (Lipinski definition) is 5. The van der Waals surface area contributed by atoms with Crippen LogP contribution in [0.25, 0.3) is 17.0 Å². The molecular weight excluding hydrogens is 422 g/mol. The van der Waals surface area contributed by atoms with Crippen molar-refractivity contribution >= 4 is 28.8 Å². The fraction of sp³-hybridized carbons (Fsp3) is 0.240. The summed E-state index contributed by atoms with van der Waals surface area (Å²) in [5, 5.41) is 3.48. The normalized spacial score (nSPS) is 13.8. The Morgan fingerprint density at radius 2 is 1.64 bits per heavy atom. The fourth-order valence-electron chi connectivity index (χ4n) is 3.77. The van der Waals surface area contributed by atoms with Gasteiger partial charge in [-0.1, -0.05) is 0 Å². The summed E-state index contributed by atoms with van der Waals surface area (Å²) >= 11 is 0. The SMILES string of the molecule is COc1ccc(C(=O)NC(=Cc2cc3ccc(OC)cc3[nH]c2=O)C(=O)N2CCCC2)cc1. The van der Waals surface area contributed by atoms with E-state index in [4.69, 9.17) is 9.47 Å². The number of pyridine rings is 1. The maximum atomic E-state index is 13.2. The van der Waals surface area contributed by atoms with Crippen LogP contribution in [0.5, 0.6) is 11.5 Å². The number of rotatable bonds is 6. The third kappa shape index (κ3) is 4.90. The summed E-state index contributed by atoms with van der Waals surface area (Å²) in [4.78, 5) is 43.3. The molecule has 0 radical (unpaired) electrons. The number of benzene rings is 2. The zero-order chi connectivity index (χ0) is 23.4. The molecule has 1 aromatic heterocycles. The second-order valence-corrected chi connectivity index (χ2v) is 7.75. The molecule has 2 N–H and O–H groups in total. The van der Waals surface area contributed by atoms with Gasteiger partial charge in [-0.25, -0.2) is 0 Å². The molecule has 1 saturated heterocycles. The van der Waals surface area contributed by atoms with Gasteiger partial charge in [0.2, 0.25) is 0 Å². The summed E-state index contributed by atoms with van der Waals surface area (Å²) in [5.41, 5.74) is 0.934. The Morgan fingerprint density at radius 1 is 0.970 bits per heavy atom. The standard InChI is InChI=1S/C25H25N3O5/c1-32-19-8-5-16(6-9-19)23(29)27-22(25(31)28-11-3-4-12-28)14-18-13-17-7-10-20(33-2)15-21(17)26-24(18)30/h5-10,13-15H,3-4,11-12H2,1-2H3,(H,26,30)(H,27,29). The highest BCUT2D eigenvalue weighted by Gasteiger charge is 2.24. The number of likely N-dealkylation sites (tertiary alicyclic amines) is 1. The summed E-state index contributed by atoms with van der Waals surface area (Å²) in [5.74, 6) is 0.481. The molecule has 170 valence electrons. The molecule has 8 nitrogen and oxygen atoms in total. The lowest BCUT2D eigenvalue weighted by atomic mass is 10.1. The van der Waals surface area contributed by atoms with E-state index in [1.54, 1.807) is 61.6 Å². The molecule has 0 aliphatic carbocycles. The smallest absolute Gasteiger partial charge is 0.270 e. The number of aromatic amines is 1. The molecule has 0 saturated carbocycles. The lowest BCUT2D eigenvalue weighted by Crippen LogP contribution is -2.37. The Balaban J connectivity index is 1.70. The van der Waals surface area contributed by atoms with Crippen molar-refractivity contribution in [1.82, 2.24) is 15.2 Å². The van der Waals surface area contributed by atoms with Crippen LogP contribution in [0.2, 0.25) is 0 Å². The summed E-state index contributed by atoms with van der Waals surface area (Å²) in [6, 6.07) is 13.6. The van der Waals surface area contributed by atoms with Crippen molar-refractivity contribution in [3.63, 3.8) is 0 Å². The van der Waals surface area contributed by atoms with Crippen molar-refractivity contribution in [2.24, 2.45) is 0 Å². The molecule has 33 heavy (non-hydrogen) atoms. The number of nitrogens with zero attached hydrogens (tertiary/aromatic N) is 1. The molecule has 2 amide bonds. The van der Waals surface area contributed by atoms with Crippen LogP contribution in [0.1, 0.15) is 28.8 Å². The third-order valence-corrected chi connectivity index (χ3v) is 5.61. The summed E-state index contributed by atoms with van der Waals surface area (Å²) in [7, 11) is 3.10. The topological polar surface area (TPSA) is 101 Å². The van der Waals surface area contributed by atoms with E-state index in [-0.39, 0.29) is 22.7 Å². The minimum absolute atomic E-state index is 0.0519. The number of aromatic nitrogens is 1. The van der Waals surface area contributed by atoms with Crippen LogP contribution in [-0.2, 0) is 4.79 Å². The van der Waals surface area contributed by atoms with Gasteiger partial charge in [0.25, 0.3) is 17.4 Å². The molecule has 4 rings (SSSR count). The van der Waals surface area contributed by atoms with Crippen molar-refractivity contribution in [3.05, 3.63) is 75.7 Å². The first kappa shape index (κ1) is 22.1. The molecule has 1 fully saturated rings. The summed E-state index contributed by atoms with van der Waals surface area (Å²) in [6.07, 6.45) is 3.25. The van der Waals surface area contributed by atoms with E-state index in [9.17, 15) is 14.4 Å². The van der Waals surface area contributed by atoms with E-state index < -0.39 is 5.91 Å². The number of nitrogens with one attached hydrogen (secondary N) is 2. The molecule has 0 unspecified atom stereocenters. The average Bonchev–Trinajstić information content (AvgIpc) is 3.38. The quantitative estimate of drug-likeness (QED) is 0.566. The van der Waals surface area contributed by atoms with Crippen molar-refractivity contribution in [2.75, 3.05) is 27.3 Å². The largest absolute Gasteiger partial charge is 0.497 e. The van der Waals surface area contributed by atoms with E-state index in [2.05, 4.69) is 10.3 Å². The zero-order valence-electron chi connectivity index (χ0n) is 18.5. The molecule has 3 aromatic rings. The van der Waals surface area contributed by atoms with Crippen LogP contribution >= 0.6 is 0 Å². The Morgan fingerprint density at radius 3 is 2.30 bits per heavy atom. The summed E-state index contributed by atoms with van der Waals surface area (Å²) < 4.78 is 10.3. The van der Waals surface area contributed by atoms with E-state index in [1.165, 1.54) is 6.08 Å². The van der Waals surface area contributed by atoms with Gasteiger partial charge in [0.15, 0.2) is 0 Å². The van der Waals surface area contributed by atoms with Gasteiger partial charge < -0.3 is 24.7 Å². The van der Waals surface area contributed by atoms with Gasteiger partial charge >= 0.3 is 0 Å². The molecule has 2 aromatic carbocycles.